The van der Waals surface area contributed by atoms with Crippen LogP contribution in [0.5, 0.6) is 0 Å². The lowest BCUT2D eigenvalue weighted by molar-refractivity contribution is 0.0505. The van der Waals surface area contributed by atoms with E-state index >= 15 is 0 Å². The highest BCUT2D eigenvalue weighted by molar-refractivity contribution is 7.92. The van der Waals surface area contributed by atoms with Crippen LogP contribution in [-0.4, -0.2) is 43.7 Å². The molecule has 3 aromatic rings. The van der Waals surface area contributed by atoms with Gasteiger partial charge in [-0.2, -0.15) is 5.10 Å². The summed E-state index contributed by atoms with van der Waals surface area (Å²) in [7, 11) is -0.978. The summed E-state index contributed by atoms with van der Waals surface area (Å²) < 4.78 is 33.7. The van der Waals surface area contributed by atoms with Crippen molar-refractivity contribution < 1.29 is 22.7 Å². The first-order valence-electron chi connectivity index (χ1n) is 10.3. The molecule has 174 valence electrons. The molecular weight excluding hydrogens is 444 g/mol. The van der Waals surface area contributed by atoms with Gasteiger partial charge in [0.05, 0.1) is 23.3 Å². The molecule has 2 aromatic carbocycles. The molecule has 1 heterocycles. The minimum absolute atomic E-state index is 0.0853. The summed E-state index contributed by atoms with van der Waals surface area (Å²) in [5.41, 5.74) is 1.82. The molecular formula is C23H26N4O5S. The normalized spacial score (nSPS) is 11.2. The number of ether oxygens (including phenoxy) is 1. The Kier molecular flexibility index (Phi) is 7.17. The Balaban J connectivity index is 1.82. The lowest BCUT2D eigenvalue weighted by atomic mass is 10.2. The van der Waals surface area contributed by atoms with E-state index < -0.39 is 21.9 Å². The van der Waals surface area contributed by atoms with E-state index in [9.17, 15) is 18.0 Å². The maximum atomic E-state index is 13.1. The number of benzene rings is 2. The van der Waals surface area contributed by atoms with Crippen LogP contribution in [-0.2, 0) is 21.8 Å². The molecule has 0 spiro atoms. The predicted octanol–water partition coefficient (Wildman–Crippen LogP) is 3.37. The van der Waals surface area contributed by atoms with E-state index in [1.54, 1.807) is 43.4 Å². The molecule has 3 rings (SSSR count). The van der Waals surface area contributed by atoms with Crippen molar-refractivity contribution in [2.24, 2.45) is 7.05 Å². The van der Waals surface area contributed by atoms with E-state index in [1.165, 1.54) is 30.1 Å². The molecule has 0 bridgehead atoms. The maximum Gasteiger partial charge on any atom is 0.338 e. The standard InChI is InChI=1S/C23H26N4O5S/c1-5-14-32-23(29)17-8-10-18(11-9-17)25-21(28)20-15-24-26(3)22(20)27(4)33(30,31)19-12-6-16(2)7-13-19/h6-13,15H,5,14H2,1-4H3,(H,25,28). The van der Waals surface area contributed by atoms with Crippen molar-refractivity contribution in [2.75, 3.05) is 23.3 Å². The number of sulfonamides is 1. The SMILES string of the molecule is CCCOC(=O)c1ccc(NC(=O)c2cnn(C)c2N(C)S(=O)(=O)c2ccc(C)cc2)cc1. The Morgan fingerprint density at radius 1 is 1.09 bits per heavy atom. The Labute approximate surface area is 193 Å². The van der Waals surface area contributed by atoms with Gasteiger partial charge in [-0.3, -0.25) is 13.8 Å². The first kappa shape index (κ1) is 24.0. The monoisotopic (exact) mass is 470 g/mol. The quantitative estimate of drug-likeness (QED) is 0.506. The molecule has 10 heteroatoms. The Hall–Kier alpha value is -3.66. The van der Waals surface area contributed by atoms with Gasteiger partial charge in [0.2, 0.25) is 0 Å². The molecule has 1 N–H and O–H groups in total. The van der Waals surface area contributed by atoms with E-state index in [4.69, 9.17) is 4.74 Å². The summed E-state index contributed by atoms with van der Waals surface area (Å²) in [5.74, 6) is -0.856. The number of aromatic nitrogens is 2. The number of rotatable bonds is 8. The second-order valence-electron chi connectivity index (χ2n) is 7.46. The molecule has 0 saturated heterocycles. The van der Waals surface area contributed by atoms with Crippen LogP contribution in [0.4, 0.5) is 11.5 Å². The van der Waals surface area contributed by atoms with Crippen molar-refractivity contribution in [1.29, 1.82) is 0 Å². The molecule has 1 aromatic heterocycles. The van der Waals surface area contributed by atoms with Crippen LogP contribution in [0.3, 0.4) is 0 Å². The van der Waals surface area contributed by atoms with Crippen molar-refractivity contribution in [1.82, 2.24) is 9.78 Å². The fraction of sp³-hybridized carbons (Fsp3) is 0.261. The first-order valence-corrected chi connectivity index (χ1v) is 11.7. The molecule has 33 heavy (non-hydrogen) atoms. The Morgan fingerprint density at radius 3 is 2.33 bits per heavy atom. The van der Waals surface area contributed by atoms with Gasteiger partial charge in [-0.15, -0.1) is 0 Å². The third-order valence-corrected chi connectivity index (χ3v) is 6.71. The van der Waals surface area contributed by atoms with Crippen LogP contribution >= 0.6 is 0 Å². The zero-order valence-electron chi connectivity index (χ0n) is 18.9. The predicted molar refractivity (Wildman–Crippen MR) is 125 cm³/mol. The van der Waals surface area contributed by atoms with Gasteiger partial charge >= 0.3 is 5.97 Å². The molecule has 0 aliphatic heterocycles. The highest BCUT2D eigenvalue weighted by Crippen LogP contribution is 2.26. The molecule has 0 fully saturated rings. The molecule has 0 aliphatic rings. The van der Waals surface area contributed by atoms with E-state index in [1.807, 2.05) is 13.8 Å². The van der Waals surface area contributed by atoms with Gasteiger partial charge < -0.3 is 10.1 Å². The van der Waals surface area contributed by atoms with E-state index in [-0.39, 0.29) is 16.3 Å². The second kappa shape index (κ2) is 9.86. The van der Waals surface area contributed by atoms with Crippen molar-refractivity contribution in [3.05, 3.63) is 71.4 Å². The van der Waals surface area contributed by atoms with Crippen LogP contribution in [0.15, 0.2) is 59.6 Å². The van der Waals surface area contributed by atoms with Crippen LogP contribution in [0.2, 0.25) is 0 Å². The zero-order valence-corrected chi connectivity index (χ0v) is 19.7. The summed E-state index contributed by atoms with van der Waals surface area (Å²) in [6.45, 7) is 4.10. The number of esters is 1. The Bertz CT molecular complexity index is 1250. The number of nitrogens with one attached hydrogen (secondary N) is 1. The molecule has 0 atom stereocenters. The summed E-state index contributed by atoms with van der Waals surface area (Å²) in [6.07, 6.45) is 2.03. The zero-order chi connectivity index (χ0) is 24.2. The number of carbonyl (C=O) groups is 2. The fourth-order valence-electron chi connectivity index (χ4n) is 3.11. The highest BCUT2D eigenvalue weighted by Gasteiger charge is 2.28. The summed E-state index contributed by atoms with van der Waals surface area (Å²) >= 11 is 0. The third-order valence-electron chi connectivity index (χ3n) is 4.95. The van der Waals surface area contributed by atoms with Gasteiger partial charge in [0.1, 0.15) is 5.56 Å². The van der Waals surface area contributed by atoms with Crippen LogP contribution < -0.4 is 9.62 Å². The number of amides is 1. The molecule has 9 nitrogen and oxygen atoms in total. The number of aryl methyl sites for hydroxylation is 2. The van der Waals surface area contributed by atoms with Gasteiger partial charge in [-0.05, 0) is 49.7 Å². The molecule has 0 saturated carbocycles. The summed E-state index contributed by atoms with van der Waals surface area (Å²) in [4.78, 5) is 25.0. The minimum atomic E-state index is -3.91. The van der Waals surface area contributed by atoms with Gasteiger partial charge in [-0.25, -0.2) is 13.2 Å². The van der Waals surface area contributed by atoms with Crippen molar-refractivity contribution in [2.45, 2.75) is 25.2 Å². The number of anilines is 2. The van der Waals surface area contributed by atoms with E-state index in [0.29, 0.717) is 17.9 Å². The number of hydrogen-bond donors (Lipinski definition) is 1. The van der Waals surface area contributed by atoms with Crippen molar-refractivity contribution >= 4 is 33.4 Å². The number of carbonyl (C=O) groups excluding carboxylic acids is 2. The van der Waals surface area contributed by atoms with Crippen molar-refractivity contribution in [3.8, 4) is 0 Å². The third kappa shape index (κ3) is 5.23. The average molecular weight is 471 g/mol. The first-order chi connectivity index (χ1) is 15.6. The summed E-state index contributed by atoms with van der Waals surface area (Å²) in [5, 5.41) is 6.78. The highest BCUT2D eigenvalue weighted by atomic mass is 32.2. The van der Waals surface area contributed by atoms with Crippen molar-refractivity contribution in [3.63, 3.8) is 0 Å². The van der Waals surface area contributed by atoms with Gasteiger partial charge in [0.15, 0.2) is 5.82 Å². The van der Waals surface area contributed by atoms with E-state index in [0.717, 1.165) is 16.3 Å². The molecule has 0 aliphatic carbocycles. The lowest BCUT2D eigenvalue weighted by Gasteiger charge is -2.21. The fourth-order valence-corrected chi connectivity index (χ4v) is 4.35. The number of nitrogens with zero attached hydrogens (tertiary/aromatic N) is 3. The Morgan fingerprint density at radius 2 is 1.73 bits per heavy atom. The molecule has 0 radical (unpaired) electrons. The molecule has 1 amide bonds. The smallest absolute Gasteiger partial charge is 0.338 e. The lowest BCUT2D eigenvalue weighted by Crippen LogP contribution is -2.30. The van der Waals surface area contributed by atoms with E-state index in [2.05, 4.69) is 10.4 Å². The second-order valence-corrected chi connectivity index (χ2v) is 9.43. The average Bonchev–Trinajstić information content (AvgIpc) is 3.19. The minimum Gasteiger partial charge on any atom is -0.462 e. The topological polar surface area (TPSA) is 111 Å². The number of hydrogen-bond acceptors (Lipinski definition) is 6. The molecule has 0 unspecified atom stereocenters. The largest absolute Gasteiger partial charge is 0.462 e. The van der Waals surface area contributed by atoms with Gasteiger partial charge in [0, 0.05) is 19.8 Å². The summed E-state index contributed by atoms with van der Waals surface area (Å²) in [6, 6.07) is 12.7. The van der Waals surface area contributed by atoms with Gasteiger partial charge in [0.25, 0.3) is 15.9 Å². The van der Waals surface area contributed by atoms with Crippen LogP contribution in [0.25, 0.3) is 0 Å². The van der Waals surface area contributed by atoms with Crippen LogP contribution in [0, 0.1) is 6.92 Å². The van der Waals surface area contributed by atoms with Crippen LogP contribution in [0.1, 0.15) is 39.6 Å². The van der Waals surface area contributed by atoms with Gasteiger partial charge in [-0.1, -0.05) is 24.6 Å². The maximum absolute atomic E-state index is 13.1.